The van der Waals surface area contributed by atoms with Crippen LogP contribution in [0.25, 0.3) is 0 Å². The van der Waals surface area contributed by atoms with E-state index in [4.69, 9.17) is 9.47 Å². The highest BCUT2D eigenvalue weighted by Crippen LogP contribution is 2.19. The summed E-state index contributed by atoms with van der Waals surface area (Å²) < 4.78 is 11.5. The third-order valence-corrected chi connectivity index (χ3v) is 5.86. The number of nitrogens with one attached hydrogen (secondary N) is 2. The van der Waals surface area contributed by atoms with Crippen LogP contribution in [0.1, 0.15) is 38.5 Å². The fourth-order valence-corrected chi connectivity index (χ4v) is 4.33. The number of rotatable bonds is 10. The van der Waals surface area contributed by atoms with Crippen LogP contribution >= 0.6 is 0 Å². The van der Waals surface area contributed by atoms with Crippen LogP contribution in [0.3, 0.4) is 0 Å². The number of likely N-dealkylation sites (tertiary alicyclic amines) is 2. The Morgan fingerprint density at radius 1 is 0.714 bits per heavy atom. The van der Waals surface area contributed by atoms with Crippen LogP contribution in [-0.2, 0) is 0 Å². The lowest BCUT2D eigenvalue weighted by Gasteiger charge is -2.26. The number of ether oxygens (including phenoxy) is 2. The molecule has 0 saturated carbocycles. The standard InChI is InChI=1S/C22H36N2O4/c25-19(15-23-10-3-1-4-11-23)17-27-21-8-7-9-22(14-21)28-18-20(26)16-24-12-5-2-6-13-24/h7-9,14,19-20,25-26H,1-6,10-13,15-18H2/p+2/t19-,20-/m0/s1. The summed E-state index contributed by atoms with van der Waals surface area (Å²) in [5.74, 6) is 1.39. The molecule has 28 heavy (non-hydrogen) atoms. The average Bonchev–Trinajstić information content (AvgIpc) is 2.73. The number of aliphatic hydroxyl groups excluding tert-OH is 2. The zero-order valence-corrected chi connectivity index (χ0v) is 17.1. The van der Waals surface area contributed by atoms with Crippen LogP contribution in [0.4, 0.5) is 0 Å². The number of hydrogen-bond donors (Lipinski definition) is 4. The molecule has 3 rings (SSSR count). The highest BCUT2D eigenvalue weighted by Gasteiger charge is 2.19. The van der Waals surface area contributed by atoms with Crippen molar-refractivity contribution in [3.05, 3.63) is 24.3 Å². The van der Waals surface area contributed by atoms with Crippen molar-refractivity contribution >= 4 is 0 Å². The van der Waals surface area contributed by atoms with Crippen LogP contribution < -0.4 is 19.3 Å². The van der Waals surface area contributed by atoms with Crippen molar-refractivity contribution < 1.29 is 29.5 Å². The van der Waals surface area contributed by atoms with Gasteiger partial charge in [-0.25, -0.2) is 0 Å². The van der Waals surface area contributed by atoms with Gasteiger partial charge < -0.3 is 29.5 Å². The Morgan fingerprint density at radius 2 is 1.14 bits per heavy atom. The molecule has 0 unspecified atom stereocenters. The molecule has 158 valence electrons. The van der Waals surface area contributed by atoms with Gasteiger partial charge in [-0.15, -0.1) is 0 Å². The van der Waals surface area contributed by atoms with Gasteiger partial charge in [-0.3, -0.25) is 0 Å². The lowest BCUT2D eigenvalue weighted by atomic mass is 10.1. The first-order valence-electron chi connectivity index (χ1n) is 11.1. The molecule has 0 aromatic heterocycles. The second-order valence-electron chi connectivity index (χ2n) is 8.43. The van der Waals surface area contributed by atoms with Gasteiger partial charge in [0.15, 0.2) is 0 Å². The maximum Gasteiger partial charge on any atom is 0.137 e. The van der Waals surface area contributed by atoms with E-state index in [1.807, 2.05) is 24.3 Å². The highest BCUT2D eigenvalue weighted by atomic mass is 16.5. The molecular weight excluding hydrogens is 356 g/mol. The molecule has 0 amide bonds. The monoisotopic (exact) mass is 394 g/mol. The first-order chi connectivity index (χ1) is 13.7. The molecular formula is C22H38N2O4+2. The SMILES string of the molecule is O[C@H](COc1cccc(OC[C@@H](O)C[NH+]2CCCCC2)c1)C[NH+]1CCCCC1. The molecule has 2 aliphatic heterocycles. The molecule has 1 aromatic rings. The average molecular weight is 395 g/mol. The summed E-state index contributed by atoms with van der Waals surface area (Å²) in [6.45, 7) is 6.72. The first-order valence-corrected chi connectivity index (χ1v) is 11.1. The van der Waals surface area contributed by atoms with E-state index in [9.17, 15) is 10.2 Å². The minimum Gasteiger partial charge on any atom is -0.491 e. The Kier molecular flexibility index (Phi) is 8.86. The maximum atomic E-state index is 10.3. The molecule has 0 radical (unpaired) electrons. The van der Waals surface area contributed by atoms with Gasteiger partial charge in [0.25, 0.3) is 0 Å². The molecule has 4 N–H and O–H groups in total. The second kappa shape index (κ2) is 11.6. The Morgan fingerprint density at radius 3 is 1.57 bits per heavy atom. The minimum absolute atomic E-state index is 0.300. The quantitative estimate of drug-likeness (QED) is 0.424. The van der Waals surface area contributed by atoms with Gasteiger partial charge in [-0.2, -0.15) is 0 Å². The zero-order chi connectivity index (χ0) is 19.6. The number of piperidine rings is 2. The second-order valence-corrected chi connectivity index (χ2v) is 8.43. The van der Waals surface area contributed by atoms with Gasteiger partial charge in [0, 0.05) is 6.07 Å². The molecule has 2 aliphatic rings. The first kappa shape index (κ1) is 21.4. The Hall–Kier alpha value is -1.34. The third-order valence-electron chi connectivity index (χ3n) is 5.86. The Bertz CT molecular complexity index is 514. The zero-order valence-electron chi connectivity index (χ0n) is 17.1. The fraction of sp³-hybridized carbons (Fsp3) is 0.727. The minimum atomic E-state index is -0.452. The van der Waals surface area contributed by atoms with Crippen molar-refractivity contribution in [2.24, 2.45) is 0 Å². The smallest absolute Gasteiger partial charge is 0.137 e. The molecule has 6 heteroatoms. The number of benzene rings is 1. The molecule has 0 spiro atoms. The molecule has 0 aliphatic carbocycles. The van der Waals surface area contributed by atoms with E-state index in [1.165, 1.54) is 48.3 Å². The van der Waals surface area contributed by atoms with E-state index >= 15 is 0 Å². The van der Waals surface area contributed by atoms with Gasteiger partial charge in [-0.1, -0.05) is 6.07 Å². The summed E-state index contributed by atoms with van der Waals surface area (Å²) in [6, 6.07) is 7.47. The van der Waals surface area contributed by atoms with Crippen molar-refractivity contribution in [1.29, 1.82) is 0 Å². The molecule has 6 nitrogen and oxygen atoms in total. The summed E-state index contributed by atoms with van der Waals surface area (Å²) >= 11 is 0. The predicted octanol–water partition coefficient (Wildman–Crippen LogP) is -0.696. The predicted molar refractivity (Wildman–Crippen MR) is 108 cm³/mol. The molecule has 2 atom stereocenters. The maximum absolute atomic E-state index is 10.3. The molecule has 2 fully saturated rings. The molecule has 0 bridgehead atoms. The Labute approximate surface area is 169 Å². The fourth-order valence-electron chi connectivity index (χ4n) is 4.33. The van der Waals surface area contributed by atoms with E-state index in [0.717, 1.165) is 39.3 Å². The van der Waals surface area contributed by atoms with E-state index in [1.54, 1.807) is 0 Å². The van der Waals surface area contributed by atoms with Crippen LogP contribution in [-0.4, -0.2) is 74.9 Å². The summed E-state index contributed by atoms with van der Waals surface area (Å²) in [7, 11) is 0. The highest BCUT2D eigenvalue weighted by molar-refractivity contribution is 5.32. The summed E-state index contributed by atoms with van der Waals surface area (Å²) in [5, 5.41) is 20.5. The van der Waals surface area contributed by atoms with Crippen molar-refractivity contribution in [3.8, 4) is 11.5 Å². The Balaban J connectivity index is 1.36. The van der Waals surface area contributed by atoms with Gasteiger partial charge in [0.1, 0.15) is 50.0 Å². The van der Waals surface area contributed by atoms with Crippen molar-refractivity contribution in [2.75, 3.05) is 52.5 Å². The summed E-state index contributed by atoms with van der Waals surface area (Å²) in [6.07, 6.45) is 6.76. The summed E-state index contributed by atoms with van der Waals surface area (Å²) in [4.78, 5) is 2.95. The summed E-state index contributed by atoms with van der Waals surface area (Å²) in [5.41, 5.74) is 0. The number of aliphatic hydroxyl groups is 2. The van der Waals surface area contributed by atoms with E-state index in [-0.39, 0.29) is 0 Å². The van der Waals surface area contributed by atoms with E-state index in [0.29, 0.717) is 24.7 Å². The topological polar surface area (TPSA) is 67.8 Å². The van der Waals surface area contributed by atoms with E-state index < -0.39 is 12.2 Å². The van der Waals surface area contributed by atoms with Crippen molar-refractivity contribution in [2.45, 2.75) is 50.7 Å². The number of quaternary nitrogens is 2. The molecule has 1 aromatic carbocycles. The van der Waals surface area contributed by atoms with Crippen LogP contribution in [0.5, 0.6) is 11.5 Å². The van der Waals surface area contributed by atoms with Gasteiger partial charge in [-0.05, 0) is 50.7 Å². The van der Waals surface area contributed by atoms with Crippen molar-refractivity contribution in [3.63, 3.8) is 0 Å². The van der Waals surface area contributed by atoms with Crippen LogP contribution in [0.2, 0.25) is 0 Å². The van der Waals surface area contributed by atoms with Gasteiger partial charge >= 0.3 is 0 Å². The molecule has 2 heterocycles. The molecule has 2 saturated heterocycles. The van der Waals surface area contributed by atoms with Crippen LogP contribution in [0, 0.1) is 0 Å². The van der Waals surface area contributed by atoms with Gasteiger partial charge in [0.2, 0.25) is 0 Å². The lowest BCUT2D eigenvalue weighted by molar-refractivity contribution is -0.908. The van der Waals surface area contributed by atoms with Crippen LogP contribution in [0.15, 0.2) is 24.3 Å². The van der Waals surface area contributed by atoms with Gasteiger partial charge in [0.05, 0.1) is 26.2 Å². The largest absolute Gasteiger partial charge is 0.491 e. The third kappa shape index (κ3) is 7.59. The van der Waals surface area contributed by atoms with E-state index in [2.05, 4.69) is 0 Å². The number of hydrogen-bond acceptors (Lipinski definition) is 4. The van der Waals surface area contributed by atoms with Crippen molar-refractivity contribution in [1.82, 2.24) is 0 Å². The normalized spacial score (nSPS) is 21.2. The lowest BCUT2D eigenvalue weighted by Crippen LogP contribution is -3.14.